The first-order chi connectivity index (χ1) is 10.2. The van der Waals surface area contributed by atoms with Crippen molar-refractivity contribution >= 4 is 17.7 Å². The van der Waals surface area contributed by atoms with Gasteiger partial charge in [0.05, 0.1) is 12.3 Å². The molecule has 0 aromatic heterocycles. The number of rotatable bonds is 5. The molecule has 1 fully saturated rings. The maximum absolute atomic E-state index is 12.0. The molecule has 3 rings (SSSR count). The summed E-state index contributed by atoms with van der Waals surface area (Å²) in [5.74, 6) is 0.562. The normalized spacial score (nSPS) is 25.0. The number of aliphatic hydroxyl groups is 1. The van der Waals surface area contributed by atoms with Crippen molar-refractivity contribution in [3.8, 4) is 0 Å². The Balaban J connectivity index is 1.49. The van der Waals surface area contributed by atoms with Gasteiger partial charge in [-0.2, -0.15) is 0 Å². The van der Waals surface area contributed by atoms with Crippen molar-refractivity contribution in [2.45, 2.75) is 49.4 Å². The summed E-state index contributed by atoms with van der Waals surface area (Å²) in [5.41, 5.74) is 1.30. The van der Waals surface area contributed by atoms with Crippen molar-refractivity contribution in [2.75, 3.05) is 12.3 Å². The lowest BCUT2D eigenvalue weighted by atomic mass is 9.96. The third kappa shape index (κ3) is 3.43. The van der Waals surface area contributed by atoms with Crippen molar-refractivity contribution in [1.29, 1.82) is 0 Å². The molecule has 1 aromatic carbocycles. The van der Waals surface area contributed by atoms with Gasteiger partial charge in [-0.3, -0.25) is 4.79 Å². The minimum atomic E-state index is -0.885. The van der Waals surface area contributed by atoms with Crippen LogP contribution in [0.4, 0.5) is 0 Å². The zero-order valence-corrected chi connectivity index (χ0v) is 13.1. The molecule has 0 heterocycles. The van der Waals surface area contributed by atoms with Gasteiger partial charge in [0.15, 0.2) is 0 Å². The molecule has 1 atom stereocenters. The molecule has 2 aliphatic carbocycles. The van der Waals surface area contributed by atoms with Gasteiger partial charge in [0.1, 0.15) is 5.60 Å². The van der Waals surface area contributed by atoms with E-state index < -0.39 is 5.60 Å². The summed E-state index contributed by atoms with van der Waals surface area (Å²) in [6.45, 7) is 0.327. The molecule has 2 N–H and O–H groups in total. The molecular weight excluding hydrogens is 282 g/mol. The third-order valence-corrected chi connectivity index (χ3v) is 6.03. The highest BCUT2D eigenvalue weighted by atomic mass is 32.2. The van der Waals surface area contributed by atoms with E-state index in [1.54, 1.807) is 11.8 Å². The minimum absolute atomic E-state index is 0.0460. The lowest BCUT2D eigenvalue weighted by molar-refractivity contribution is -0.119. The van der Waals surface area contributed by atoms with E-state index in [1.165, 1.54) is 31.2 Å². The van der Waals surface area contributed by atoms with Crippen LogP contribution in [0, 0.1) is 0 Å². The lowest BCUT2D eigenvalue weighted by Gasteiger charge is -2.24. The second-order valence-electron chi connectivity index (χ2n) is 6.18. The summed E-state index contributed by atoms with van der Waals surface area (Å²) in [4.78, 5) is 12.0. The van der Waals surface area contributed by atoms with Gasteiger partial charge in [-0.05, 0) is 36.8 Å². The van der Waals surface area contributed by atoms with E-state index in [0.29, 0.717) is 24.0 Å². The highest BCUT2D eigenvalue weighted by Crippen LogP contribution is 2.36. The van der Waals surface area contributed by atoms with Crippen LogP contribution in [0.2, 0.25) is 0 Å². The van der Waals surface area contributed by atoms with Crippen LogP contribution in [0.25, 0.3) is 0 Å². The number of hydrogen-bond donors (Lipinski definition) is 2. The van der Waals surface area contributed by atoms with Crippen molar-refractivity contribution in [3.05, 3.63) is 35.4 Å². The fourth-order valence-corrected chi connectivity index (χ4v) is 4.55. The Kier molecular flexibility index (Phi) is 4.55. The first kappa shape index (κ1) is 14.9. The highest BCUT2D eigenvalue weighted by molar-refractivity contribution is 8.00. The van der Waals surface area contributed by atoms with E-state index in [2.05, 4.69) is 11.4 Å². The molecule has 1 unspecified atom stereocenters. The first-order valence-corrected chi connectivity index (χ1v) is 8.91. The Bertz CT molecular complexity index is 513. The summed E-state index contributed by atoms with van der Waals surface area (Å²) >= 11 is 1.77. The Morgan fingerprint density at radius 3 is 2.90 bits per heavy atom. The van der Waals surface area contributed by atoms with E-state index >= 15 is 0 Å². The minimum Gasteiger partial charge on any atom is -0.383 e. The number of carbonyl (C=O) groups is 1. The van der Waals surface area contributed by atoms with Gasteiger partial charge >= 0.3 is 0 Å². The largest absolute Gasteiger partial charge is 0.383 e. The van der Waals surface area contributed by atoms with E-state index in [-0.39, 0.29) is 5.91 Å². The molecule has 2 aliphatic rings. The van der Waals surface area contributed by atoms with Gasteiger partial charge in [0.2, 0.25) is 5.91 Å². The number of fused-ring (bicyclic) bond motifs is 1. The van der Waals surface area contributed by atoms with Gasteiger partial charge in [-0.25, -0.2) is 0 Å². The van der Waals surface area contributed by atoms with Gasteiger partial charge in [-0.15, -0.1) is 11.8 Å². The van der Waals surface area contributed by atoms with Crippen LogP contribution < -0.4 is 5.32 Å². The molecular formula is C17H23NO2S. The topological polar surface area (TPSA) is 49.3 Å². The number of amides is 1. The zero-order valence-electron chi connectivity index (χ0n) is 12.3. The standard InChI is InChI=1S/C17H23NO2S/c19-16(11-21-14-6-2-3-7-14)18-12-17(20)10-9-13-5-1-4-8-15(13)17/h1,4-5,8,14,20H,2-3,6-7,9-12H2,(H,18,19). The van der Waals surface area contributed by atoms with Crippen LogP contribution >= 0.6 is 11.8 Å². The Morgan fingerprint density at radius 2 is 2.10 bits per heavy atom. The molecule has 3 nitrogen and oxygen atoms in total. The van der Waals surface area contributed by atoms with Crippen molar-refractivity contribution in [2.24, 2.45) is 0 Å². The van der Waals surface area contributed by atoms with Crippen LogP contribution in [0.1, 0.15) is 43.2 Å². The second-order valence-corrected chi connectivity index (χ2v) is 7.47. The van der Waals surface area contributed by atoms with Crippen LogP contribution in [0.5, 0.6) is 0 Å². The average molecular weight is 305 g/mol. The molecule has 0 spiro atoms. The van der Waals surface area contributed by atoms with Crippen molar-refractivity contribution in [1.82, 2.24) is 5.32 Å². The molecule has 0 bridgehead atoms. The number of benzene rings is 1. The van der Waals surface area contributed by atoms with Gasteiger partial charge < -0.3 is 10.4 Å². The Morgan fingerprint density at radius 1 is 1.33 bits per heavy atom. The molecule has 0 radical (unpaired) electrons. The van der Waals surface area contributed by atoms with E-state index in [9.17, 15) is 9.90 Å². The molecule has 1 saturated carbocycles. The SMILES string of the molecule is O=C(CSC1CCCC1)NCC1(O)CCc2ccccc21. The smallest absolute Gasteiger partial charge is 0.230 e. The Hall–Kier alpha value is -1.00. The average Bonchev–Trinajstić information content (AvgIpc) is 3.13. The maximum atomic E-state index is 12.0. The van der Waals surface area contributed by atoms with E-state index in [0.717, 1.165) is 12.0 Å². The molecule has 0 saturated heterocycles. The van der Waals surface area contributed by atoms with Crippen molar-refractivity contribution < 1.29 is 9.90 Å². The van der Waals surface area contributed by atoms with E-state index in [1.807, 2.05) is 18.2 Å². The van der Waals surface area contributed by atoms with Crippen LogP contribution in [0.15, 0.2) is 24.3 Å². The lowest BCUT2D eigenvalue weighted by Crippen LogP contribution is -2.40. The summed E-state index contributed by atoms with van der Waals surface area (Å²) in [6, 6.07) is 7.99. The quantitative estimate of drug-likeness (QED) is 0.879. The summed E-state index contributed by atoms with van der Waals surface area (Å²) in [5, 5.41) is 14.3. The van der Waals surface area contributed by atoms with Crippen LogP contribution in [-0.4, -0.2) is 28.6 Å². The number of aryl methyl sites for hydroxylation is 1. The zero-order chi connectivity index (χ0) is 14.7. The maximum Gasteiger partial charge on any atom is 0.230 e. The molecule has 1 aromatic rings. The molecule has 1 amide bonds. The van der Waals surface area contributed by atoms with Gasteiger partial charge in [-0.1, -0.05) is 37.1 Å². The first-order valence-electron chi connectivity index (χ1n) is 7.86. The summed E-state index contributed by atoms with van der Waals surface area (Å²) in [7, 11) is 0. The number of thioether (sulfide) groups is 1. The van der Waals surface area contributed by atoms with Gasteiger partial charge in [0, 0.05) is 5.25 Å². The predicted octanol–water partition coefficient (Wildman–Crippen LogP) is 2.61. The summed E-state index contributed by atoms with van der Waals surface area (Å²) in [6.07, 6.45) is 6.68. The summed E-state index contributed by atoms with van der Waals surface area (Å²) < 4.78 is 0. The number of carbonyl (C=O) groups excluding carboxylic acids is 1. The number of hydrogen-bond acceptors (Lipinski definition) is 3. The van der Waals surface area contributed by atoms with Crippen LogP contribution in [-0.2, 0) is 16.8 Å². The van der Waals surface area contributed by atoms with Crippen LogP contribution in [0.3, 0.4) is 0 Å². The predicted molar refractivity (Wildman–Crippen MR) is 86.4 cm³/mol. The molecule has 4 heteroatoms. The fourth-order valence-electron chi connectivity index (χ4n) is 3.40. The monoisotopic (exact) mass is 305 g/mol. The van der Waals surface area contributed by atoms with Gasteiger partial charge in [0.25, 0.3) is 0 Å². The number of nitrogens with one attached hydrogen (secondary N) is 1. The molecule has 0 aliphatic heterocycles. The highest BCUT2D eigenvalue weighted by Gasteiger charge is 2.36. The third-order valence-electron chi connectivity index (χ3n) is 4.66. The fraction of sp³-hybridized carbons (Fsp3) is 0.588. The van der Waals surface area contributed by atoms with E-state index in [4.69, 9.17) is 0 Å². The van der Waals surface area contributed by atoms with Crippen molar-refractivity contribution in [3.63, 3.8) is 0 Å². The molecule has 21 heavy (non-hydrogen) atoms. The molecule has 114 valence electrons. The second kappa shape index (κ2) is 6.41. The Labute approximate surface area is 130 Å².